The van der Waals surface area contributed by atoms with Crippen molar-refractivity contribution in [2.75, 3.05) is 44.2 Å². The van der Waals surface area contributed by atoms with Gasteiger partial charge in [0, 0.05) is 13.1 Å². The summed E-state index contributed by atoms with van der Waals surface area (Å²) in [4.78, 5) is 2.33. The van der Waals surface area contributed by atoms with Gasteiger partial charge in [-0.05, 0) is 37.9 Å². The van der Waals surface area contributed by atoms with Crippen LogP contribution in [0.2, 0.25) is 0 Å². The van der Waals surface area contributed by atoms with Gasteiger partial charge in [-0.1, -0.05) is 6.92 Å². The highest BCUT2D eigenvalue weighted by Crippen LogP contribution is 2.18. The molecule has 2 saturated heterocycles. The van der Waals surface area contributed by atoms with Crippen LogP contribution in [0, 0.1) is 11.8 Å². The van der Waals surface area contributed by atoms with Crippen LogP contribution in [0.5, 0.6) is 0 Å². The van der Waals surface area contributed by atoms with E-state index in [0.717, 1.165) is 45.1 Å². The normalized spacial score (nSPS) is 36.1. The summed E-state index contributed by atoms with van der Waals surface area (Å²) in [5.41, 5.74) is 0. The monoisotopic (exact) mass is 246 g/mol. The molecule has 4 nitrogen and oxygen atoms in total. The Hall–Kier alpha value is -0.130. The molecule has 2 unspecified atom stereocenters. The van der Waals surface area contributed by atoms with E-state index >= 15 is 0 Å². The molecule has 0 aromatic carbocycles. The van der Waals surface area contributed by atoms with Gasteiger partial charge in [0.15, 0.2) is 9.84 Å². The van der Waals surface area contributed by atoms with Gasteiger partial charge in [0.05, 0.1) is 11.5 Å². The summed E-state index contributed by atoms with van der Waals surface area (Å²) in [6, 6.07) is 0. The minimum atomic E-state index is -2.76. The van der Waals surface area contributed by atoms with Crippen LogP contribution in [0.1, 0.15) is 13.3 Å². The largest absolute Gasteiger partial charge is 0.316 e. The second-order valence-corrected chi connectivity index (χ2v) is 7.51. The highest BCUT2D eigenvalue weighted by Gasteiger charge is 2.27. The zero-order valence-electron chi connectivity index (χ0n) is 9.98. The van der Waals surface area contributed by atoms with Crippen molar-refractivity contribution >= 4 is 9.84 Å². The van der Waals surface area contributed by atoms with Crippen LogP contribution in [0.3, 0.4) is 0 Å². The smallest absolute Gasteiger partial charge is 0.151 e. The predicted molar refractivity (Wildman–Crippen MR) is 65.2 cm³/mol. The van der Waals surface area contributed by atoms with Crippen LogP contribution in [-0.2, 0) is 9.84 Å². The zero-order chi connectivity index (χ0) is 11.6. The molecule has 2 heterocycles. The Morgan fingerprint density at radius 1 is 1.25 bits per heavy atom. The maximum atomic E-state index is 11.5. The zero-order valence-corrected chi connectivity index (χ0v) is 10.8. The molecule has 0 bridgehead atoms. The van der Waals surface area contributed by atoms with Gasteiger partial charge in [0.1, 0.15) is 0 Å². The molecule has 94 valence electrons. The summed E-state index contributed by atoms with van der Waals surface area (Å²) >= 11 is 0. The molecule has 2 fully saturated rings. The quantitative estimate of drug-likeness (QED) is 0.743. The van der Waals surface area contributed by atoms with Gasteiger partial charge in [-0.3, -0.25) is 0 Å². The SMILES string of the molecule is CC1CNCC1CN1CCCS(=O)(=O)CC1. The fraction of sp³-hybridized carbons (Fsp3) is 1.00. The molecule has 0 aromatic rings. The number of sulfone groups is 1. The van der Waals surface area contributed by atoms with Gasteiger partial charge >= 0.3 is 0 Å². The molecule has 2 rings (SSSR count). The number of nitrogens with zero attached hydrogens (tertiary/aromatic N) is 1. The topological polar surface area (TPSA) is 49.4 Å². The molecule has 1 N–H and O–H groups in total. The average molecular weight is 246 g/mol. The van der Waals surface area contributed by atoms with E-state index in [1.54, 1.807) is 0 Å². The summed E-state index contributed by atoms with van der Waals surface area (Å²) in [6.45, 7) is 7.21. The summed E-state index contributed by atoms with van der Waals surface area (Å²) in [6.07, 6.45) is 0.802. The fourth-order valence-corrected chi connectivity index (χ4v) is 3.92. The molecule has 2 atom stereocenters. The van der Waals surface area contributed by atoms with Gasteiger partial charge in [-0.2, -0.15) is 0 Å². The third-order valence-corrected chi connectivity index (χ3v) is 5.53. The Kier molecular flexibility index (Phi) is 3.87. The van der Waals surface area contributed by atoms with Gasteiger partial charge in [-0.25, -0.2) is 8.42 Å². The van der Waals surface area contributed by atoms with Crippen molar-refractivity contribution in [1.29, 1.82) is 0 Å². The third-order valence-electron chi connectivity index (χ3n) is 3.82. The first-order valence-corrected chi connectivity index (χ1v) is 8.02. The highest BCUT2D eigenvalue weighted by molar-refractivity contribution is 7.91. The lowest BCUT2D eigenvalue weighted by Gasteiger charge is -2.24. The molecule has 2 aliphatic heterocycles. The Balaban J connectivity index is 1.86. The molecule has 0 amide bonds. The Labute approximate surface area is 98.3 Å². The number of hydrogen-bond donors (Lipinski definition) is 1. The van der Waals surface area contributed by atoms with Crippen LogP contribution in [0.4, 0.5) is 0 Å². The van der Waals surface area contributed by atoms with Crippen molar-refractivity contribution in [3.05, 3.63) is 0 Å². The molecule has 0 spiro atoms. The first-order chi connectivity index (χ1) is 7.57. The maximum absolute atomic E-state index is 11.5. The molecular formula is C11H22N2O2S. The van der Waals surface area contributed by atoms with Crippen molar-refractivity contribution in [1.82, 2.24) is 10.2 Å². The highest BCUT2D eigenvalue weighted by atomic mass is 32.2. The molecule has 0 aromatic heterocycles. The van der Waals surface area contributed by atoms with Gasteiger partial charge < -0.3 is 10.2 Å². The van der Waals surface area contributed by atoms with Gasteiger partial charge in [0.2, 0.25) is 0 Å². The third kappa shape index (κ3) is 3.18. The van der Waals surface area contributed by atoms with Crippen molar-refractivity contribution in [3.63, 3.8) is 0 Å². The van der Waals surface area contributed by atoms with E-state index in [0.29, 0.717) is 17.4 Å². The molecule has 0 aliphatic carbocycles. The summed E-state index contributed by atoms with van der Waals surface area (Å²) in [7, 11) is -2.76. The molecule has 0 radical (unpaired) electrons. The summed E-state index contributed by atoms with van der Waals surface area (Å²) in [5, 5.41) is 3.40. The van der Waals surface area contributed by atoms with E-state index in [2.05, 4.69) is 17.1 Å². The summed E-state index contributed by atoms with van der Waals surface area (Å²) in [5.74, 6) is 2.14. The lowest BCUT2D eigenvalue weighted by Crippen LogP contribution is -2.34. The van der Waals surface area contributed by atoms with Gasteiger partial charge in [-0.15, -0.1) is 0 Å². The maximum Gasteiger partial charge on any atom is 0.151 e. The standard InChI is InChI=1S/C11H22N2O2S/c1-10-7-12-8-11(10)9-13-3-2-5-16(14,15)6-4-13/h10-12H,2-9H2,1H3. The predicted octanol–water partition coefficient (Wildman–Crippen LogP) is -0.0376. The van der Waals surface area contributed by atoms with E-state index < -0.39 is 9.84 Å². The van der Waals surface area contributed by atoms with Crippen molar-refractivity contribution in [3.8, 4) is 0 Å². The second kappa shape index (κ2) is 5.02. The van der Waals surface area contributed by atoms with E-state index in [4.69, 9.17) is 0 Å². The average Bonchev–Trinajstić information content (AvgIpc) is 2.52. The first kappa shape index (κ1) is 12.3. The van der Waals surface area contributed by atoms with Crippen LogP contribution in [-0.4, -0.2) is 57.5 Å². The Morgan fingerprint density at radius 2 is 2.06 bits per heavy atom. The van der Waals surface area contributed by atoms with Crippen molar-refractivity contribution in [2.45, 2.75) is 13.3 Å². The molecular weight excluding hydrogens is 224 g/mol. The number of hydrogen-bond acceptors (Lipinski definition) is 4. The minimum absolute atomic E-state index is 0.349. The van der Waals surface area contributed by atoms with Crippen molar-refractivity contribution < 1.29 is 8.42 Å². The number of rotatable bonds is 2. The van der Waals surface area contributed by atoms with Crippen LogP contribution in [0.15, 0.2) is 0 Å². The Bertz CT molecular complexity index is 329. The molecule has 5 heteroatoms. The van der Waals surface area contributed by atoms with E-state index in [1.807, 2.05) is 0 Å². The molecule has 16 heavy (non-hydrogen) atoms. The molecule has 0 saturated carbocycles. The van der Waals surface area contributed by atoms with E-state index in [-0.39, 0.29) is 0 Å². The number of nitrogens with one attached hydrogen (secondary N) is 1. The first-order valence-electron chi connectivity index (χ1n) is 6.20. The van der Waals surface area contributed by atoms with Crippen LogP contribution < -0.4 is 5.32 Å². The molecule has 2 aliphatic rings. The summed E-state index contributed by atoms with van der Waals surface area (Å²) < 4.78 is 23.0. The minimum Gasteiger partial charge on any atom is -0.316 e. The second-order valence-electron chi connectivity index (χ2n) is 5.20. The van der Waals surface area contributed by atoms with Crippen LogP contribution in [0.25, 0.3) is 0 Å². The van der Waals surface area contributed by atoms with Crippen LogP contribution >= 0.6 is 0 Å². The van der Waals surface area contributed by atoms with Gasteiger partial charge in [0.25, 0.3) is 0 Å². The van der Waals surface area contributed by atoms with E-state index in [1.165, 1.54) is 0 Å². The lowest BCUT2D eigenvalue weighted by molar-refractivity contribution is 0.232. The van der Waals surface area contributed by atoms with E-state index in [9.17, 15) is 8.42 Å². The Morgan fingerprint density at radius 3 is 2.75 bits per heavy atom. The lowest BCUT2D eigenvalue weighted by atomic mass is 9.97. The fourth-order valence-electron chi connectivity index (χ4n) is 2.61. The van der Waals surface area contributed by atoms with Crippen molar-refractivity contribution in [2.24, 2.45) is 11.8 Å².